The second-order valence-electron chi connectivity index (χ2n) is 5.38. The smallest absolute Gasteiger partial charge is 0.153 e. The summed E-state index contributed by atoms with van der Waals surface area (Å²) in [6, 6.07) is 4.22. The highest BCUT2D eigenvalue weighted by molar-refractivity contribution is 6.68. The van der Waals surface area contributed by atoms with Gasteiger partial charge < -0.3 is 0 Å². The minimum atomic E-state index is 0.375. The van der Waals surface area contributed by atoms with Crippen LogP contribution in [0.5, 0.6) is 0 Å². The van der Waals surface area contributed by atoms with Gasteiger partial charge in [0.15, 0.2) is 5.82 Å². The van der Waals surface area contributed by atoms with Crippen LogP contribution in [-0.2, 0) is 0 Å². The lowest BCUT2D eigenvalue weighted by atomic mass is 9.96. The predicted molar refractivity (Wildman–Crippen MR) is 89.1 cm³/mol. The zero-order valence-electron chi connectivity index (χ0n) is 11.9. The van der Waals surface area contributed by atoms with Crippen molar-refractivity contribution in [1.29, 1.82) is 0 Å². The molecule has 22 heavy (non-hydrogen) atoms. The first kappa shape index (κ1) is 13.5. The second kappa shape index (κ2) is 5.55. The molecule has 0 fully saturated rings. The number of aromatic nitrogens is 1. The van der Waals surface area contributed by atoms with Crippen molar-refractivity contribution in [3.05, 3.63) is 72.0 Å². The van der Waals surface area contributed by atoms with E-state index in [1.165, 1.54) is 0 Å². The third-order valence-corrected chi connectivity index (χ3v) is 4.20. The summed E-state index contributed by atoms with van der Waals surface area (Å²) in [6.07, 6.45) is 15.1. The highest BCUT2D eigenvalue weighted by Gasteiger charge is 2.24. The summed E-state index contributed by atoms with van der Waals surface area (Å²) in [4.78, 5) is 9.04. The maximum absolute atomic E-state index is 6.01. The van der Waals surface area contributed by atoms with Crippen LogP contribution >= 0.6 is 11.6 Å². The summed E-state index contributed by atoms with van der Waals surface area (Å²) in [5, 5.41) is 2.39. The largest absolute Gasteiger partial charge is 0.266 e. The van der Waals surface area contributed by atoms with Gasteiger partial charge in [-0.15, -0.1) is 0 Å². The highest BCUT2D eigenvalue weighted by Crippen LogP contribution is 2.29. The number of rotatable bonds is 2. The van der Waals surface area contributed by atoms with Gasteiger partial charge in [0.1, 0.15) is 5.17 Å². The Morgan fingerprint density at radius 2 is 2.23 bits per heavy atom. The molecule has 1 N–H and O–H groups in total. The summed E-state index contributed by atoms with van der Waals surface area (Å²) in [7, 11) is 0. The van der Waals surface area contributed by atoms with E-state index in [0.29, 0.717) is 11.1 Å². The molecular formula is C17H15ClN4. The SMILES string of the molecule is ClC1=NC2=C(c3ccc(C4C=CC=CC4)nc3)CNN2C=C1. The molecule has 110 valence electrons. The lowest BCUT2D eigenvalue weighted by Crippen LogP contribution is -2.27. The number of hydrazine groups is 1. The molecule has 0 saturated carbocycles. The van der Waals surface area contributed by atoms with E-state index >= 15 is 0 Å². The number of allylic oxidation sites excluding steroid dienone is 5. The first-order valence-corrected chi connectivity index (χ1v) is 7.67. The Hall–Kier alpha value is -2.17. The molecule has 1 aromatic rings. The van der Waals surface area contributed by atoms with Gasteiger partial charge in [-0.2, -0.15) is 0 Å². The molecule has 3 aliphatic rings. The fourth-order valence-corrected chi connectivity index (χ4v) is 2.95. The van der Waals surface area contributed by atoms with Gasteiger partial charge in [0.05, 0.1) is 0 Å². The van der Waals surface area contributed by atoms with Crippen LogP contribution in [0, 0.1) is 0 Å². The number of nitrogens with zero attached hydrogens (tertiary/aromatic N) is 3. The molecule has 1 atom stereocenters. The van der Waals surface area contributed by atoms with Crippen molar-refractivity contribution >= 4 is 22.3 Å². The van der Waals surface area contributed by atoms with Gasteiger partial charge in [-0.25, -0.2) is 10.4 Å². The Balaban J connectivity index is 1.64. The number of nitrogens with one attached hydrogen (secondary N) is 1. The number of pyridine rings is 1. The maximum atomic E-state index is 6.01. The average Bonchev–Trinajstić information content (AvgIpc) is 2.99. The second-order valence-corrected chi connectivity index (χ2v) is 5.77. The van der Waals surface area contributed by atoms with Gasteiger partial charge >= 0.3 is 0 Å². The van der Waals surface area contributed by atoms with Gasteiger partial charge in [-0.1, -0.05) is 42.0 Å². The molecule has 4 nitrogen and oxygen atoms in total. The predicted octanol–water partition coefficient (Wildman–Crippen LogP) is 3.33. The summed E-state index contributed by atoms with van der Waals surface area (Å²) < 4.78 is 0. The van der Waals surface area contributed by atoms with E-state index in [1.807, 2.05) is 17.4 Å². The van der Waals surface area contributed by atoms with Crippen molar-refractivity contribution in [3.63, 3.8) is 0 Å². The standard InChI is InChI=1S/C17H15ClN4/c18-16-8-9-22-17(21-16)14(11-20-22)13-6-7-15(19-10-13)12-4-2-1-3-5-12/h1-4,6-10,12,20H,5,11H2. The van der Waals surface area contributed by atoms with Gasteiger partial charge in [-0.3, -0.25) is 9.99 Å². The number of hydrogen-bond acceptors (Lipinski definition) is 4. The lowest BCUT2D eigenvalue weighted by Gasteiger charge is -2.17. The topological polar surface area (TPSA) is 40.5 Å². The van der Waals surface area contributed by atoms with Crippen LogP contribution in [0.4, 0.5) is 0 Å². The average molecular weight is 311 g/mol. The van der Waals surface area contributed by atoms with Gasteiger partial charge in [0.2, 0.25) is 0 Å². The molecule has 1 aromatic heterocycles. The molecule has 0 bridgehead atoms. The van der Waals surface area contributed by atoms with Crippen LogP contribution in [0.15, 0.2) is 65.7 Å². The quantitative estimate of drug-likeness (QED) is 0.911. The summed E-state index contributed by atoms with van der Waals surface area (Å²) >= 11 is 6.01. The molecule has 3 heterocycles. The molecular weight excluding hydrogens is 296 g/mol. The van der Waals surface area contributed by atoms with Crippen LogP contribution in [0.3, 0.4) is 0 Å². The maximum Gasteiger partial charge on any atom is 0.153 e. The Bertz CT molecular complexity index is 740. The number of fused-ring (bicyclic) bond motifs is 1. The monoisotopic (exact) mass is 310 g/mol. The van der Waals surface area contributed by atoms with E-state index in [2.05, 4.69) is 51.8 Å². The first-order chi connectivity index (χ1) is 10.8. The van der Waals surface area contributed by atoms with Crippen molar-refractivity contribution in [3.8, 4) is 0 Å². The molecule has 5 heteroatoms. The third-order valence-electron chi connectivity index (χ3n) is 3.99. The van der Waals surface area contributed by atoms with Crippen molar-refractivity contribution in [2.24, 2.45) is 4.99 Å². The normalized spacial score (nSPS) is 23.0. The molecule has 0 saturated heterocycles. The van der Waals surface area contributed by atoms with E-state index in [0.717, 1.165) is 35.6 Å². The minimum absolute atomic E-state index is 0.375. The Morgan fingerprint density at radius 1 is 1.27 bits per heavy atom. The molecule has 1 aliphatic carbocycles. The summed E-state index contributed by atoms with van der Waals surface area (Å²) in [6.45, 7) is 0.723. The van der Waals surface area contributed by atoms with Crippen molar-refractivity contribution < 1.29 is 0 Å². The van der Waals surface area contributed by atoms with Crippen molar-refractivity contribution in [2.75, 3.05) is 6.54 Å². The molecule has 4 rings (SSSR count). The molecule has 1 unspecified atom stereocenters. The Morgan fingerprint density at radius 3 is 3.00 bits per heavy atom. The highest BCUT2D eigenvalue weighted by atomic mass is 35.5. The third kappa shape index (κ3) is 2.40. The van der Waals surface area contributed by atoms with E-state index < -0.39 is 0 Å². The van der Waals surface area contributed by atoms with E-state index in [9.17, 15) is 0 Å². The van der Waals surface area contributed by atoms with E-state index in [-0.39, 0.29) is 0 Å². The summed E-state index contributed by atoms with van der Waals surface area (Å²) in [5.41, 5.74) is 6.55. The Kier molecular flexibility index (Phi) is 3.41. The van der Waals surface area contributed by atoms with Crippen LogP contribution < -0.4 is 5.43 Å². The molecule has 0 amide bonds. The van der Waals surface area contributed by atoms with Gasteiger partial charge in [-0.05, 0) is 18.6 Å². The summed E-state index contributed by atoms with van der Waals surface area (Å²) in [5.74, 6) is 1.22. The van der Waals surface area contributed by atoms with Gasteiger partial charge in [0.25, 0.3) is 0 Å². The molecule has 0 spiro atoms. The fourth-order valence-electron chi connectivity index (χ4n) is 2.82. The van der Waals surface area contributed by atoms with Crippen LogP contribution in [-0.4, -0.2) is 21.7 Å². The lowest BCUT2D eigenvalue weighted by molar-refractivity contribution is 0.383. The molecule has 2 aliphatic heterocycles. The number of aliphatic imine (C=N–C) groups is 1. The molecule has 0 aromatic carbocycles. The van der Waals surface area contributed by atoms with Crippen LogP contribution in [0.25, 0.3) is 5.57 Å². The fraction of sp³-hybridized carbons (Fsp3) is 0.176. The van der Waals surface area contributed by atoms with Gasteiger partial charge in [0, 0.05) is 41.7 Å². The number of halogens is 1. The van der Waals surface area contributed by atoms with E-state index in [1.54, 1.807) is 6.08 Å². The zero-order valence-corrected chi connectivity index (χ0v) is 12.7. The number of hydrogen-bond donors (Lipinski definition) is 1. The minimum Gasteiger partial charge on any atom is -0.266 e. The van der Waals surface area contributed by atoms with Crippen molar-refractivity contribution in [2.45, 2.75) is 12.3 Å². The Labute approximate surface area is 134 Å². The van der Waals surface area contributed by atoms with Crippen LogP contribution in [0.1, 0.15) is 23.6 Å². The van der Waals surface area contributed by atoms with E-state index in [4.69, 9.17) is 11.6 Å². The van der Waals surface area contributed by atoms with Crippen LogP contribution in [0.2, 0.25) is 0 Å². The molecule has 0 radical (unpaired) electrons. The zero-order chi connectivity index (χ0) is 14.9. The van der Waals surface area contributed by atoms with Crippen molar-refractivity contribution in [1.82, 2.24) is 15.4 Å². The first-order valence-electron chi connectivity index (χ1n) is 7.29.